The molecule has 0 radical (unpaired) electrons. The summed E-state index contributed by atoms with van der Waals surface area (Å²) in [6.07, 6.45) is 2.62. The summed E-state index contributed by atoms with van der Waals surface area (Å²) in [6.45, 7) is 5.02. The third-order valence-corrected chi connectivity index (χ3v) is 3.85. The van der Waals surface area contributed by atoms with Gasteiger partial charge in [-0.3, -0.25) is 9.69 Å². The molecule has 1 aromatic heterocycles. The van der Waals surface area contributed by atoms with Gasteiger partial charge in [-0.25, -0.2) is 4.98 Å². The van der Waals surface area contributed by atoms with E-state index in [1.54, 1.807) is 12.3 Å². The highest BCUT2D eigenvalue weighted by Gasteiger charge is 2.10. The number of hydrogen-bond donors (Lipinski definition) is 0. The maximum Gasteiger partial charge on any atom is 0.213 e. The van der Waals surface area contributed by atoms with Crippen molar-refractivity contribution in [1.29, 1.82) is 0 Å². The van der Waals surface area contributed by atoms with E-state index in [2.05, 4.69) is 9.88 Å². The van der Waals surface area contributed by atoms with E-state index in [1.807, 2.05) is 30.3 Å². The van der Waals surface area contributed by atoms with E-state index in [0.717, 1.165) is 50.3 Å². The van der Waals surface area contributed by atoms with Crippen molar-refractivity contribution in [2.24, 2.45) is 0 Å². The first-order chi connectivity index (χ1) is 11.3. The number of ether oxygens (including phenoxy) is 2. The van der Waals surface area contributed by atoms with Crippen LogP contribution in [0.15, 0.2) is 42.6 Å². The summed E-state index contributed by atoms with van der Waals surface area (Å²) in [7, 11) is 0. The van der Waals surface area contributed by atoms with E-state index in [-0.39, 0.29) is 0 Å². The molecule has 1 fully saturated rings. The largest absolute Gasteiger partial charge is 0.476 e. The molecule has 0 spiro atoms. The number of rotatable bonds is 6. The first kappa shape index (κ1) is 15.6. The maximum absolute atomic E-state index is 10.8. The lowest BCUT2D eigenvalue weighted by Crippen LogP contribution is -2.38. The Balaban J connectivity index is 1.55. The molecule has 1 aromatic carbocycles. The predicted octanol–water partition coefficient (Wildman–Crippen LogP) is 2.27. The highest BCUT2D eigenvalue weighted by molar-refractivity contribution is 5.78. The van der Waals surface area contributed by atoms with Gasteiger partial charge in [0.2, 0.25) is 5.88 Å². The van der Waals surface area contributed by atoms with Gasteiger partial charge in [-0.05, 0) is 17.7 Å². The Bertz CT molecular complexity index is 637. The van der Waals surface area contributed by atoms with Crippen molar-refractivity contribution in [2.75, 3.05) is 39.5 Å². The second kappa shape index (κ2) is 7.85. The van der Waals surface area contributed by atoms with E-state index in [4.69, 9.17) is 9.47 Å². The molecule has 0 aliphatic carbocycles. The third kappa shape index (κ3) is 4.37. The molecule has 0 N–H and O–H groups in total. The van der Waals surface area contributed by atoms with Gasteiger partial charge in [-0.1, -0.05) is 18.2 Å². The molecule has 120 valence electrons. The first-order valence-corrected chi connectivity index (χ1v) is 7.80. The average Bonchev–Trinajstić information content (AvgIpc) is 2.63. The van der Waals surface area contributed by atoms with Crippen LogP contribution in [0.4, 0.5) is 0 Å². The van der Waals surface area contributed by atoms with Gasteiger partial charge in [0.15, 0.2) is 0 Å². The van der Waals surface area contributed by atoms with E-state index in [1.165, 1.54) is 0 Å². The summed E-state index contributed by atoms with van der Waals surface area (Å²) in [6, 6.07) is 11.3. The number of pyridine rings is 1. The molecule has 5 nitrogen and oxygen atoms in total. The van der Waals surface area contributed by atoms with Crippen molar-refractivity contribution in [1.82, 2.24) is 9.88 Å². The Morgan fingerprint density at radius 1 is 1.17 bits per heavy atom. The van der Waals surface area contributed by atoms with Crippen LogP contribution >= 0.6 is 0 Å². The summed E-state index contributed by atoms with van der Waals surface area (Å²) in [4.78, 5) is 17.5. The Morgan fingerprint density at radius 3 is 2.78 bits per heavy atom. The Labute approximate surface area is 135 Å². The summed E-state index contributed by atoms with van der Waals surface area (Å²) < 4.78 is 11.0. The summed E-state index contributed by atoms with van der Waals surface area (Å²) in [5.74, 6) is 0.619. The number of carbonyl (C=O) groups excluding carboxylic acids is 1. The molecular formula is C18H20N2O3. The predicted molar refractivity (Wildman–Crippen MR) is 87.8 cm³/mol. The van der Waals surface area contributed by atoms with E-state index >= 15 is 0 Å². The second-order valence-electron chi connectivity index (χ2n) is 5.43. The Kier molecular flexibility index (Phi) is 5.34. The van der Waals surface area contributed by atoms with Crippen LogP contribution in [-0.4, -0.2) is 55.6 Å². The van der Waals surface area contributed by atoms with Gasteiger partial charge in [0, 0.05) is 43.0 Å². The minimum absolute atomic E-state index is 0.618. The molecule has 1 saturated heterocycles. The fourth-order valence-corrected chi connectivity index (χ4v) is 2.53. The Hall–Kier alpha value is -2.24. The van der Waals surface area contributed by atoms with E-state index in [0.29, 0.717) is 18.1 Å². The van der Waals surface area contributed by atoms with Gasteiger partial charge < -0.3 is 9.47 Å². The highest BCUT2D eigenvalue weighted by atomic mass is 16.5. The van der Waals surface area contributed by atoms with Gasteiger partial charge in [-0.15, -0.1) is 0 Å². The Morgan fingerprint density at radius 2 is 2.04 bits per heavy atom. The van der Waals surface area contributed by atoms with Gasteiger partial charge in [0.25, 0.3) is 0 Å². The average molecular weight is 312 g/mol. The molecule has 1 aliphatic heterocycles. The van der Waals surface area contributed by atoms with Crippen LogP contribution in [0.5, 0.6) is 5.88 Å². The van der Waals surface area contributed by atoms with Crippen molar-refractivity contribution in [3.05, 3.63) is 48.2 Å². The molecule has 0 saturated carbocycles. The SMILES string of the molecule is O=Cc1cccc(-c2ccc(OCCN3CCOCC3)nc2)c1. The molecule has 2 heterocycles. The highest BCUT2D eigenvalue weighted by Crippen LogP contribution is 2.21. The minimum Gasteiger partial charge on any atom is -0.476 e. The van der Waals surface area contributed by atoms with Crippen molar-refractivity contribution < 1.29 is 14.3 Å². The second-order valence-corrected chi connectivity index (χ2v) is 5.43. The van der Waals surface area contributed by atoms with Crippen molar-refractivity contribution in [3.63, 3.8) is 0 Å². The lowest BCUT2D eigenvalue weighted by atomic mass is 10.1. The van der Waals surface area contributed by atoms with Crippen LogP contribution in [0.25, 0.3) is 11.1 Å². The van der Waals surface area contributed by atoms with Crippen LogP contribution in [0, 0.1) is 0 Å². The number of aromatic nitrogens is 1. The summed E-state index contributed by atoms with van der Waals surface area (Å²) >= 11 is 0. The lowest BCUT2D eigenvalue weighted by molar-refractivity contribution is 0.0320. The van der Waals surface area contributed by atoms with Crippen LogP contribution < -0.4 is 4.74 Å². The van der Waals surface area contributed by atoms with Crippen LogP contribution in [0.3, 0.4) is 0 Å². The number of aldehydes is 1. The van der Waals surface area contributed by atoms with Gasteiger partial charge in [0.05, 0.1) is 13.2 Å². The number of hydrogen-bond acceptors (Lipinski definition) is 5. The van der Waals surface area contributed by atoms with Crippen LogP contribution in [0.2, 0.25) is 0 Å². The zero-order chi connectivity index (χ0) is 15.9. The number of benzene rings is 1. The topological polar surface area (TPSA) is 51.7 Å². The molecular weight excluding hydrogens is 292 g/mol. The van der Waals surface area contributed by atoms with Gasteiger partial charge in [0.1, 0.15) is 12.9 Å². The van der Waals surface area contributed by atoms with Crippen molar-refractivity contribution in [3.8, 4) is 17.0 Å². The number of nitrogens with zero attached hydrogens (tertiary/aromatic N) is 2. The minimum atomic E-state index is 0.618. The fraction of sp³-hybridized carbons (Fsp3) is 0.333. The standard InChI is InChI=1S/C18H20N2O3/c21-14-15-2-1-3-16(12-15)17-4-5-18(19-13-17)23-11-8-20-6-9-22-10-7-20/h1-5,12-14H,6-11H2. The molecule has 1 aliphatic rings. The lowest BCUT2D eigenvalue weighted by Gasteiger charge is -2.26. The fourth-order valence-electron chi connectivity index (χ4n) is 2.53. The molecule has 2 aromatic rings. The number of morpholine rings is 1. The zero-order valence-corrected chi connectivity index (χ0v) is 13.0. The van der Waals surface area contributed by atoms with Gasteiger partial charge in [-0.2, -0.15) is 0 Å². The summed E-state index contributed by atoms with van der Waals surface area (Å²) in [5.41, 5.74) is 2.60. The quantitative estimate of drug-likeness (QED) is 0.766. The van der Waals surface area contributed by atoms with E-state index in [9.17, 15) is 4.79 Å². The molecule has 23 heavy (non-hydrogen) atoms. The van der Waals surface area contributed by atoms with E-state index < -0.39 is 0 Å². The van der Waals surface area contributed by atoms with Gasteiger partial charge >= 0.3 is 0 Å². The van der Waals surface area contributed by atoms with Crippen LogP contribution in [-0.2, 0) is 4.74 Å². The molecule has 5 heteroatoms. The molecule has 0 unspecified atom stereocenters. The third-order valence-electron chi connectivity index (χ3n) is 3.85. The number of carbonyl (C=O) groups is 1. The van der Waals surface area contributed by atoms with Crippen molar-refractivity contribution >= 4 is 6.29 Å². The zero-order valence-electron chi connectivity index (χ0n) is 13.0. The normalized spacial score (nSPS) is 15.3. The van der Waals surface area contributed by atoms with Crippen LogP contribution in [0.1, 0.15) is 10.4 Å². The molecule has 0 bridgehead atoms. The molecule has 0 atom stereocenters. The maximum atomic E-state index is 10.8. The first-order valence-electron chi connectivity index (χ1n) is 7.80. The molecule has 0 amide bonds. The smallest absolute Gasteiger partial charge is 0.213 e. The summed E-state index contributed by atoms with van der Waals surface area (Å²) in [5, 5.41) is 0. The molecule has 3 rings (SSSR count). The van der Waals surface area contributed by atoms with Crippen molar-refractivity contribution in [2.45, 2.75) is 0 Å². The monoisotopic (exact) mass is 312 g/mol.